The molecule has 0 bridgehead atoms. The van der Waals surface area contributed by atoms with E-state index >= 15 is 0 Å². The third kappa shape index (κ3) is 2.01. The minimum Gasteiger partial charge on any atom is -0.377 e. The Kier molecular flexibility index (Phi) is 3.18. The maximum absolute atomic E-state index is 6.01. The summed E-state index contributed by atoms with van der Waals surface area (Å²) in [7, 11) is 0. The molecule has 1 aliphatic rings. The topological polar surface area (TPSA) is 25.4 Å². The van der Waals surface area contributed by atoms with Crippen LogP contribution in [0, 0.1) is 0 Å². The van der Waals surface area contributed by atoms with Crippen molar-refractivity contribution < 1.29 is 4.74 Å². The van der Waals surface area contributed by atoms with Crippen LogP contribution in [-0.2, 0) is 4.74 Å². The van der Waals surface area contributed by atoms with E-state index in [1.54, 1.807) is 11.5 Å². The van der Waals surface area contributed by atoms with E-state index in [1.165, 1.54) is 10.4 Å². The second-order valence-corrected chi connectivity index (χ2v) is 5.14. The number of alkyl halides is 1. The van der Waals surface area contributed by atoms with Crippen molar-refractivity contribution in [3.05, 3.63) is 24.3 Å². The average Bonchev–Trinajstić information content (AvgIpc) is 2.82. The molecule has 1 saturated heterocycles. The van der Waals surface area contributed by atoms with Gasteiger partial charge in [0.15, 0.2) is 0 Å². The molecule has 1 fully saturated rings. The summed E-state index contributed by atoms with van der Waals surface area (Å²) < 4.78 is 9.95. The Morgan fingerprint density at radius 3 is 3.24 bits per heavy atom. The van der Waals surface area contributed by atoms with Crippen LogP contribution in [0.2, 0.25) is 0 Å². The Bertz CT molecular complexity index is 516. The quantitative estimate of drug-likeness (QED) is 0.783. The largest absolute Gasteiger partial charge is 0.377 e. The van der Waals surface area contributed by atoms with Gasteiger partial charge in [0.05, 0.1) is 24.8 Å². The van der Waals surface area contributed by atoms with Crippen LogP contribution >= 0.6 is 23.1 Å². The number of fused-ring (bicyclic) bond motifs is 1. The fourth-order valence-electron chi connectivity index (χ4n) is 2.13. The van der Waals surface area contributed by atoms with Gasteiger partial charge in [-0.1, -0.05) is 12.1 Å². The normalized spacial score (nSPS) is 21.0. The molecule has 90 valence electrons. The van der Waals surface area contributed by atoms with E-state index in [0.717, 1.165) is 18.7 Å². The average molecular weight is 269 g/mol. The van der Waals surface area contributed by atoms with Crippen LogP contribution in [0.3, 0.4) is 0 Å². The number of nitrogens with zero attached hydrogens (tertiary/aromatic N) is 2. The van der Waals surface area contributed by atoms with Crippen molar-refractivity contribution in [2.75, 3.05) is 30.5 Å². The number of rotatable bonds is 2. The van der Waals surface area contributed by atoms with Crippen LogP contribution in [0.4, 0.5) is 5.00 Å². The Labute approximate surface area is 109 Å². The summed E-state index contributed by atoms with van der Waals surface area (Å²) in [5.74, 6) is 0.590. The molecular formula is C12H13ClN2OS. The lowest BCUT2D eigenvalue weighted by atomic mass is 10.2. The predicted octanol–water partition coefficient (Wildman–Crippen LogP) is 2.74. The van der Waals surface area contributed by atoms with Crippen LogP contribution in [0.1, 0.15) is 0 Å². The monoisotopic (exact) mass is 268 g/mol. The zero-order chi connectivity index (χ0) is 11.7. The Balaban J connectivity index is 2.01. The van der Waals surface area contributed by atoms with Crippen molar-refractivity contribution in [2.45, 2.75) is 6.04 Å². The van der Waals surface area contributed by atoms with E-state index in [0.29, 0.717) is 12.5 Å². The summed E-state index contributed by atoms with van der Waals surface area (Å²) in [6, 6.07) is 8.50. The highest BCUT2D eigenvalue weighted by Crippen LogP contribution is 2.33. The van der Waals surface area contributed by atoms with Gasteiger partial charge >= 0.3 is 0 Å². The van der Waals surface area contributed by atoms with Gasteiger partial charge in [-0.2, -0.15) is 4.37 Å². The molecule has 3 nitrogen and oxygen atoms in total. The first-order chi connectivity index (χ1) is 8.40. The zero-order valence-corrected chi connectivity index (χ0v) is 10.9. The van der Waals surface area contributed by atoms with E-state index < -0.39 is 0 Å². The molecule has 1 atom stereocenters. The van der Waals surface area contributed by atoms with E-state index in [9.17, 15) is 0 Å². The van der Waals surface area contributed by atoms with Crippen molar-refractivity contribution in [1.29, 1.82) is 0 Å². The first-order valence-electron chi connectivity index (χ1n) is 5.65. The molecule has 0 radical (unpaired) electrons. The third-order valence-electron chi connectivity index (χ3n) is 3.03. The lowest BCUT2D eigenvalue weighted by molar-refractivity contribution is 0.100. The van der Waals surface area contributed by atoms with Crippen molar-refractivity contribution in [3.63, 3.8) is 0 Å². The summed E-state index contributed by atoms with van der Waals surface area (Å²) in [5.41, 5.74) is 1.06. The standard InChI is InChI=1S/C12H13ClN2OS/c13-7-9-8-16-6-5-15(9)12-10-3-1-2-4-11(10)14-17-12/h1-4,9H,5-8H2. The molecule has 2 heterocycles. The molecule has 3 rings (SSSR count). The van der Waals surface area contributed by atoms with Gasteiger partial charge < -0.3 is 9.64 Å². The van der Waals surface area contributed by atoms with Gasteiger partial charge in [-0.25, -0.2) is 0 Å². The second-order valence-electron chi connectivity index (χ2n) is 4.08. The fourth-order valence-corrected chi connectivity index (χ4v) is 3.35. The van der Waals surface area contributed by atoms with Gasteiger partial charge in [0, 0.05) is 17.8 Å². The van der Waals surface area contributed by atoms with Crippen LogP contribution < -0.4 is 4.90 Å². The number of aromatic nitrogens is 1. The first kappa shape index (κ1) is 11.3. The highest BCUT2D eigenvalue weighted by atomic mass is 35.5. The number of ether oxygens (including phenoxy) is 1. The molecule has 1 aliphatic heterocycles. The lowest BCUT2D eigenvalue weighted by Crippen LogP contribution is -2.46. The summed E-state index contributed by atoms with van der Waals surface area (Å²) in [5, 5.41) is 2.43. The number of hydrogen-bond donors (Lipinski definition) is 0. The zero-order valence-electron chi connectivity index (χ0n) is 9.30. The van der Waals surface area contributed by atoms with E-state index in [2.05, 4.69) is 21.4 Å². The highest BCUT2D eigenvalue weighted by Gasteiger charge is 2.25. The molecule has 1 unspecified atom stereocenters. The smallest absolute Gasteiger partial charge is 0.120 e. The van der Waals surface area contributed by atoms with Crippen molar-refractivity contribution in [1.82, 2.24) is 4.37 Å². The molecule has 0 saturated carbocycles. The molecule has 5 heteroatoms. The van der Waals surface area contributed by atoms with Gasteiger partial charge in [-0.3, -0.25) is 0 Å². The van der Waals surface area contributed by atoms with E-state index in [4.69, 9.17) is 16.3 Å². The Hall–Kier alpha value is -0.840. The van der Waals surface area contributed by atoms with Gasteiger partial charge in [0.2, 0.25) is 0 Å². The van der Waals surface area contributed by atoms with E-state index in [1.807, 2.05) is 12.1 Å². The summed E-state index contributed by atoms with van der Waals surface area (Å²) in [6.07, 6.45) is 0. The number of halogens is 1. The van der Waals surface area contributed by atoms with Crippen molar-refractivity contribution in [3.8, 4) is 0 Å². The molecule has 1 aromatic carbocycles. The molecule has 0 N–H and O–H groups in total. The van der Waals surface area contributed by atoms with Crippen LogP contribution in [0.5, 0.6) is 0 Å². The van der Waals surface area contributed by atoms with Crippen LogP contribution in [0.15, 0.2) is 24.3 Å². The summed E-state index contributed by atoms with van der Waals surface area (Å²) in [6.45, 7) is 2.36. The SMILES string of the molecule is ClCC1COCCN1c1snc2ccccc12. The van der Waals surface area contributed by atoms with Gasteiger partial charge in [-0.05, 0) is 23.7 Å². The molecule has 1 aromatic heterocycles. The van der Waals surface area contributed by atoms with Crippen molar-refractivity contribution >= 4 is 39.0 Å². The molecular weight excluding hydrogens is 256 g/mol. The second kappa shape index (κ2) is 4.80. The number of benzene rings is 1. The molecule has 17 heavy (non-hydrogen) atoms. The van der Waals surface area contributed by atoms with Gasteiger partial charge in [-0.15, -0.1) is 11.6 Å². The number of hydrogen-bond acceptors (Lipinski definition) is 4. The third-order valence-corrected chi connectivity index (χ3v) is 4.30. The highest BCUT2D eigenvalue weighted by molar-refractivity contribution is 7.11. The predicted molar refractivity (Wildman–Crippen MR) is 72.3 cm³/mol. The van der Waals surface area contributed by atoms with Crippen LogP contribution in [0.25, 0.3) is 10.9 Å². The van der Waals surface area contributed by atoms with Crippen LogP contribution in [-0.4, -0.2) is 36.1 Å². The minimum atomic E-state index is 0.259. The van der Waals surface area contributed by atoms with Gasteiger partial charge in [0.25, 0.3) is 0 Å². The summed E-state index contributed by atoms with van der Waals surface area (Å²) in [4.78, 5) is 2.33. The number of anilines is 1. The van der Waals surface area contributed by atoms with Gasteiger partial charge in [0.1, 0.15) is 5.00 Å². The molecule has 2 aromatic rings. The Morgan fingerprint density at radius 1 is 1.47 bits per heavy atom. The summed E-state index contributed by atoms with van der Waals surface area (Å²) >= 11 is 7.56. The first-order valence-corrected chi connectivity index (χ1v) is 6.95. The maximum atomic E-state index is 6.01. The fraction of sp³-hybridized carbons (Fsp3) is 0.417. The Morgan fingerprint density at radius 2 is 2.35 bits per heavy atom. The molecule has 0 amide bonds. The van der Waals surface area contributed by atoms with E-state index in [-0.39, 0.29) is 6.04 Å². The minimum absolute atomic E-state index is 0.259. The molecule has 0 spiro atoms. The van der Waals surface area contributed by atoms with Crippen molar-refractivity contribution in [2.24, 2.45) is 0 Å². The maximum Gasteiger partial charge on any atom is 0.120 e. The lowest BCUT2D eigenvalue weighted by Gasteiger charge is -2.35. The molecule has 0 aliphatic carbocycles. The number of morpholine rings is 1.